The molecule has 0 N–H and O–H groups in total. The van der Waals surface area contributed by atoms with E-state index in [0.29, 0.717) is 10.8 Å². The third-order valence-corrected chi connectivity index (χ3v) is 20.0. The van der Waals surface area contributed by atoms with Gasteiger partial charge in [-0.25, -0.2) is 0 Å². The van der Waals surface area contributed by atoms with Gasteiger partial charge in [0, 0.05) is 36.3 Å². The lowest BCUT2D eigenvalue weighted by Crippen LogP contribution is -2.69. The highest BCUT2D eigenvalue weighted by Gasteiger charge is 2.59. The van der Waals surface area contributed by atoms with Gasteiger partial charge in [0.05, 0.1) is 0 Å². The maximum atomic E-state index is 3.52. The van der Waals surface area contributed by atoms with Gasteiger partial charge in [0.1, 0.15) is 0 Å². The molecule has 0 saturated heterocycles. The van der Waals surface area contributed by atoms with Crippen molar-refractivity contribution in [2.75, 3.05) is 0 Å². The molecule has 7 aliphatic rings. The van der Waals surface area contributed by atoms with Gasteiger partial charge in [-0.2, -0.15) is 0 Å². The van der Waals surface area contributed by atoms with Crippen molar-refractivity contribution in [3.8, 4) is 0 Å². The molecule has 0 aromatic carbocycles. The van der Waals surface area contributed by atoms with E-state index < -0.39 is 0 Å². The number of hydrogen-bond donors (Lipinski definition) is 0. The highest BCUT2D eigenvalue weighted by Crippen LogP contribution is 2.59. The van der Waals surface area contributed by atoms with Crippen LogP contribution in [-0.2, 0) is 0 Å². The minimum Gasteiger partial charge on any atom is -0.294 e. The van der Waals surface area contributed by atoms with Crippen LogP contribution >= 0.6 is 0 Å². The van der Waals surface area contributed by atoms with Crippen molar-refractivity contribution in [2.45, 2.75) is 285 Å². The molecule has 2 nitrogen and oxygen atoms in total. The highest BCUT2D eigenvalue weighted by atomic mass is 15.3. The number of unbranched alkanes of at least 4 members (excludes halogenated alkanes) is 2. The summed E-state index contributed by atoms with van der Waals surface area (Å²) in [6.07, 6.45) is 41.9. The Morgan fingerprint density at radius 2 is 0.690 bits per heavy atom. The Bertz CT molecular complexity index is 1100. The van der Waals surface area contributed by atoms with Crippen LogP contribution in [0.1, 0.15) is 249 Å². The fourth-order valence-electron chi connectivity index (χ4n) is 16.4. The van der Waals surface area contributed by atoms with Gasteiger partial charge in [0.2, 0.25) is 0 Å². The summed E-state index contributed by atoms with van der Waals surface area (Å²) in [5.74, 6) is 9.41. The van der Waals surface area contributed by atoms with Crippen LogP contribution in [0.3, 0.4) is 0 Å². The molecule has 8 atom stereocenters. The zero-order chi connectivity index (χ0) is 41.2. The Balaban J connectivity index is 1.30. The van der Waals surface area contributed by atoms with Gasteiger partial charge >= 0.3 is 0 Å². The first-order valence-corrected chi connectivity index (χ1v) is 27.3. The molecule has 0 aromatic heterocycles. The lowest BCUT2D eigenvalue weighted by molar-refractivity contribution is -0.160. The van der Waals surface area contributed by atoms with Crippen molar-refractivity contribution in [1.82, 2.24) is 9.80 Å². The zero-order valence-electron chi connectivity index (χ0n) is 40.9. The minimum absolute atomic E-state index is 0.462. The molecule has 2 heteroatoms. The smallest absolute Gasteiger partial charge is 0.0164 e. The Kier molecular flexibility index (Phi) is 16.0. The van der Waals surface area contributed by atoms with E-state index in [2.05, 4.69) is 79.0 Å². The third kappa shape index (κ3) is 10.6. The second-order valence-corrected chi connectivity index (χ2v) is 25.7. The molecule has 0 radical (unpaired) electrons. The van der Waals surface area contributed by atoms with Gasteiger partial charge in [0.15, 0.2) is 0 Å². The van der Waals surface area contributed by atoms with Gasteiger partial charge < -0.3 is 0 Å². The number of hydrogen-bond acceptors (Lipinski definition) is 2. The summed E-state index contributed by atoms with van der Waals surface area (Å²) in [5, 5.41) is 0. The van der Waals surface area contributed by atoms with Crippen LogP contribution in [0.4, 0.5) is 0 Å². The Labute approximate surface area is 363 Å². The summed E-state index contributed by atoms with van der Waals surface area (Å²) in [6, 6.07) is 5.12. The fraction of sp³-hybridized carbons (Fsp3) is 1.00. The van der Waals surface area contributed by atoms with E-state index in [9.17, 15) is 0 Å². The van der Waals surface area contributed by atoms with Gasteiger partial charge in [-0.3, -0.25) is 9.80 Å². The molecule has 8 unspecified atom stereocenters. The second-order valence-electron chi connectivity index (χ2n) is 25.7. The summed E-state index contributed by atoms with van der Waals surface area (Å²) >= 11 is 0. The molecule has 7 fully saturated rings. The SMILES string of the molecule is CCCCC1CCC2C(C1)C(N(C1CCC(C)CC1)C1CCC(C(C)(C)C)CC1)C1CCC(CCCC)CC1C2N(C1CCC(C)CC1)C1CCC(C(C)(C)C)CC1. The first-order valence-electron chi connectivity index (χ1n) is 27.3. The van der Waals surface area contributed by atoms with E-state index in [1.165, 1.54) is 141 Å². The maximum absolute atomic E-state index is 3.52. The first-order chi connectivity index (χ1) is 27.8. The molecular formula is C56H102N2. The summed E-state index contributed by atoms with van der Waals surface area (Å²) in [7, 11) is 0. The lowest BCUT2D eigenvalue weighted by atomic mass is 9.51. The molecule has 0 aromatic rings. The fourth-order valence-corrected chi connectivity index (χ4v) is 16.4. The molecule has 7 aliphatic carbocycles. The molecule has 0 heterocycles. The second kappa shape index (κ2) is 20.2. The standard InChI is InChI=1S/C56H102N2/c1-11-13-15-41-21-35-49-51(37-41)53(57(45-27-17-39(3)18-28-45)47-31-23-43(24-32-47)55(5,6)7)50-36-22-42(16-14-12-2)38-52(50)54(49)58(46-29-19-40(4)20-30-46)48-33-25-44(26-34-48)56(8,9)10/h39-54H,11-38H2,1-10H3. The van der Waals surface area contributed by atoms with Crippen molar-refractivity contribution in [3.63, 3.8) is 0 Å². The molecule has 336 valence electrons. The first kappa shape index (κ1) is 45.9. The Morgan fingerprint density at radius 3 is 0.983 bits per heavy atom. The highest BCUT2D eigenvalue weighted by molar-refractivity contribution is 5.12. The molecule has 0 amide bonds. The van der Waals surface area contributed by atoms with Crippen molar-refractivity contribution < 1.29 is 0 Å². The van der Waals surface area contributed by atoms with Crippen molar-refractivity contribution in [2.24, 2.45) is 70.0 Å². The maximum Gasteiger partial charge on any atom is 0.0164 e. The van der Waals surface area contributed by atoms with Crippen LogP contribution in [0, 0.1) is 70.0 Å². The molecule has 0 bridgehead atoms. The molecule has 7 rings (SSSR count). The molecule has 7 saturated carbocycles. The summed E-state index contributed by atoms with van der Waals surface area (Å²) in [5.41, 5.74) is 0.924. The van der Waals surface area contributed by atoms with Crippen LogP contribution in [0.15, 0.2) is 0 Å². The molecule has 58 heavy (non-hydrogen) atoms. The monoisotopic (exact) mass is 803 g/mol. The average molecular weight is 803 g/mol. The van der Waals surface area contributed by atoms with E-state index in [-0.39, 0.29) is 0 Å². The Morgan fingerprint density at radius 1 is 0.379 bits per heavy atom. The van der Waals surface area contributed by atoms with Crippen LogP contribution in [0.5, 0.6) is 0 Å². The predicted octanol–water partition coefficient (Wildman–Crippen LogP) is 16.2. The number of nitrogens with zero attached hydrogens (tertiary/aromatic N) is 2. The van der Waals surface area contributed by atoms with Gasteiger partial charge in [0.25, 0.3) is 0 Å². The van der Waals surface area contributed by atoms with E-state index in [0.717, 1.165) is 95.4 Å². The van der Waals surface area contributed by atoms with E-state index in [4.69, 9.17) is 0 Å². The largest absolute Gasteiger partial charge is 0.294 e. The predicted molar refractivity (Wildman–Crippen MR) is 252 cm³/mol. The lowest BCUT2D eigenvalue weighted by Gasteiger charge is -2.65. The Hall–Kier alpha value is -0.0800. The van der Waals surface area contributed by atoms with Crippen LogP contribution < -0.4 is 0 Å². The van der Waals surface area contributed by atoms with Gasteiger partial charge in [-0.1, -0.05) is 121 Å². The summed E-state index contributed by atoms with van der Waals surface area (Å²) < 4.78 is 0. The van der Waals surface area contributed by atoms with Crippen LogP contribution in [0.25, 0.3) is 0 Å². The van der Waals surface area contributed by atoms with Crippen molar-refractivity contribution in [3.05, 3.63) is 0 Å². The zero-order valence-corrected chi connectivity index (χ0v) is 40.9. The average Bonchev–Trinajstić information content (AvgIpc) is 3.21. The normalized spacial score (nSPS) is 43.2. The quantitative estimate of drug-likeness (QED) is 0.194. The van der Waals surface area contributed by atoms with Gasteiger partial charge in [-0.15, -0.1) is 0 Å². The molecule has 0 aliphatic heterocycles. The van der Waals surface area contributed by atoms with E-state index in [1.807, 2.05) is 0 Å². The van der Waals surface area contributed by atoms with E-state index >= 15 is 0 Å². The summed E-state index contributed by atoms with van der Waals surface area (Å²) in [6.45, 7) is 25.4. The number of rotatable bonds is 12. The number of fused-ring (bicyclic) bond motifs is 2. The summed E-state index contributed by atoms with van der Waals surface area (Å²) in [4.78, 5) is 7.04. The van der Waals surface area contributed by atoms with Crippen molar-refractivity contribution >= 4 is 0 Å². The third-order valence-electron chi connectivity index (χ3n) is 20.0. The van der Waals surface area contributed by atoms with Crippen LogP contribution in [0.2, 0.25) is 0 Å². The van der Waals surface area contributed by atoms with Gasteiger partial charge in [-0.05, 0) is 198 Å². The molecule has 0 spiro atoms. The minimum atomic E-state index is 0.462. The van der Waals surface area contributed by atoms with Crippen LogP contribution in [-0.4, -0.2) is 46.1 Å². The molecular weight excluding hydrogens is 701 g/mol. The van der Waals surface area contributed by atoms with E-state index in [1.54, 1.807) is 38.5 Å². The topological polar surface area (TPSA) is 6.48 Å². The van der Waals surface area contributed by atoms with Crippen molar-refractivity contribution in [1.29, 1.82) is 0 Å².